The molecule has 0 bridgehead atoms. The van der Waals surface area contributed by atoms with Crippen LogP contribution in [-0.4, -0.2) is 35.8 Å². The molecule has 174 valence electrons. The third-order valence-electron chi connectivity index (χ3n) is 6.60. The van der Waals surface area contributed by atoms with Gasteiger partial charge in [-0.2, -0.15) is 0 Å². The summed E-state index contributed by atoms with van der Waals surface area (Å²) in [4.78, 5) is 27.7. The van der Waals surface area contributed by atoms with Gasteiger partial charge in [0, 0.05) is 22.3 Å². The first-order valence-corrected chi connectivity index (χ1v) is 12.7. The van der Waals surface area contributed by atoms with Crippen molar-refractivity contribution in [2.24, 2.45) is 0 Å². The molecule has 1 aliphatic carbocycles. The summed E-state index contributed by atoms with van der Waals surface area (Å²) < 4.78 is 12.6. The van der Waals surface area contributed by atoms with E-state index in [-0.39, 0.29) is 18.5 Å². The van der Waals surface area contributed by atoms with E-state index < -0.39 is 18.4 Å². The van der Waals surface area contributed by atoms with Crippen LogP contribution < -0.4 is 0 Å². The van der Waals surface area contributed by atoms with Crippen molar-refractivity contribution in [3.63, 3.8) is 0 Å². The number of fused-ring (bicyclic) bond motifs is 3. The third kappa shape index (κ3) is 4.31. The summed E-state index contributed by atoms with van der Waals surface area (Å²) in [5.41, 5.74) is 5.66. The highest BCUT2D eigenvalue weighted by atomic mass is 127. The van der Waals surface area contributed by atoms with Crippen LogP contribution in [0.15, 0.2) is 72.8 Å². The van der Waals surface area contributed by atoms with Crippen LogP contribution in [0.1, 0.15) is 42.4 Å². The zero-order chi connectivity index (χ0) is 23.7. The quantitative estimate of drug-likeness (QED) is 0.266. The smallest absolute Gasteiger partial charge is 0.413 e. The molecular weight excluding hydrogens is 541 g/mol. The Labute approximate surface area is 213 Å². The van der Waals surface area contributed by atoms with Crippen LogP contribution in [0.2, 0.25) is 0 Å². The predicted molar refractivity (Wildman–Crippen MR) is 138 cm³/mol. The van der Waals surface area contributed by atoms with Crippen molar-refractivity contribution in [2.45, 2.75) is 44.4 Å². The van der Waals surface area contributed by atoms with E-state index in [9.17, 15) is 9.59 Å². The van der Waals surface area contributed by atoms with Crippen LogP contribution in [0.5, 0.6) is 0 Å². The van der Waals surface area contributed by atoms with Gasteiger partial charge < -0.3 is 9.47 Å². The first-order valence-electron chi connectivity index (χ1n) is 11.6. The van der Waals surface area contributed by atoms with Crippen LogP contribution in [0, 0.1) is 3.57 Å². The van der Waals surface area contributed by atoms with Gasteiger partial charge in [0.15, 0.2) is 6.23 Å². The molecule has 1 amide bonds. The monoisotopic (exact) mass is 567 g/mol. The fraction of sp³-hybridized carbons (Fsp3) is 0.286. The average Bonchev–Trinajstić information content (AvgIpc) is 3.33. The van der Waals surface area contributed by atoms with Crippen LogP contribution in [0.25, 0.3) is 11.1 Å². The first-order chi connectivity index (χ1) is 16.6. The van der Waals surface area contributed by atoms with Gasteiger partial charge in [-0.3, -0.25) is 4.90 Å². The molecule has 1 aliphatic heterocycles. The Bertz CT molecular complexity index is 1160. The molecule has 2 atom stereocenters. The number of hydrogen-bond donors (Lipinski definition) is 0. The molecule has 0 spiro atoms. The number of hydrogen-bond acceptors (Lipinski definition) is 4. The second kappa shape index (κ2) is 9.78. The zero-order valence-electron chi connectivity index (χ0n) is 18.9. The Kier molecular flexibility index (Phi) is 6.59. The van der Waals surface area contributed by atoms with Crippen LogP contribution in [0.4, 0.5) is 4.79 Å². The maximum absolute atomic E-state index is 13.4. The molecule has 5 nitrogen and oxygen atoms in total. The second-order valence-corrected chi connectivity index (χ2v) is 9.98. The fourth-order valence-corrected chi connectivity index (χ4v) is 5.33. The second-order valence-electron chi connectivity index (χ2n) is 8.74. The lowest BCUT2D eigenvalue weighted by Crippen LogP contribution is -2.44. The number of carbonyl (C=O) groups excluding carboxylic acids is 2. The lowest BCUT2D eigenvalue weighted by molar-refractivity contribution is -0.142. The maximum Gasteiger partial charge on any atom is 0.413 e. The van der Waals surface area contributed by atoms with Gasteiger partial charge in [0.1, 0.15) is 12.6 Å². The van der Waals surface area contributed by atoms with Gasteiger partial charge in [-0.25, -0.2) is 9.59 Å². The molecule has 1 heterocycles. The molecule has 0 aromatic heterocycles. The van der Waals surface area contributed by atoms with E-state index in [0.717, 1.165) is 26.7 Å². The summed E-state index contributed by atoms with van der Waals surface area (Å²) in [5.74, 6) is -0.402. The van der Waals surface area contributed by atoms with Crippen molar-refractivity contribution in [1.29, 1.82) is 0 Å². The molecular formula is C28H26INO4. The van der Waals surface area contributed by atoms with Crippen molar-refractivity contribution in [3.05, 3.63) is 93.1 Å². The van der Waals surface area contributed by atoms with Crippen molar-refractivity contribution in [2.75, 3.05) is 6.61 Å². The van der Waals surface area contributed by atoms with E-state index in [4.69, 9.17) is 9.47 Å². The fourth-order valence-electron chi connectivity index (χ4n) is 4.97. The standard InChI is InChI=1S/C28H26INO4/c1-2-7-26-30(25(27(31)34-26)16-18-12-14-19(29)15-13-18)28(32)33-17-24-22-10-5-3-8-20(22)21-9-4-6-11-23(21)24/h3-6,8-15,24-26H,2,7,16-17H2,1H3. The van der Waals surface area contributed by atoms with Crippen LogP contribution >= 0.6 is 22.6 Å². The number of ether oxygens (including phenoxy) is 2. The van der Waals surface area contributed by atoms with E-state index in [1.807, 2.05) is 55.5 Å². The van der Waals surface area contributed by atoms with Gasteiger partial charge in [-0.15, -0.1) is 0 Å². The van der Waals surface area contributed by atoms with Gasteiger partial charge in [0.05, 0.1) is 0 Å². The Morgan fingerprint density at radius 3 is 2.21 bits per heavy atom. The number of amides is 1. The Morgan fingerprint density at radius 1 is 0.971 bits per heavy atom. The highest BCUT2D eigenvalue weighted by Crippen LogP contribution is 2.44. The number of rotatable bonds is 6. The van der Waals surface area contributed by atoms with Crippen molar-refractivity contribution >= 4 is 34.7 Å². The van der Waals surface area contributed by atoms with E-state index in [1.54, 1.807) is 0 Å². The lowest BCUT2D eigenvalue weighted by Gasteiger charge is -2.26. The number of cyclic esters (lactones) is 1. The molecule has 2 aliphatic rings. The van der Waals surface area contributed by atoms with E-state index in [0.29, 0.717) is 12.8 Å². The number of carbonyl (C=O) groups is 2. The third-order valence-corrected chi connectivity index (χ3v) is 7.31. The summed E-state index contributed by atoms with van der Waals surface area (Å²) in [5, 5.41) is 0. The molecule has 0 N–H and O–H groups in total. The summed E-state index contributed by atoms with van der Waals surface area (Å²) in [6.45, 7) is 2.23. The molecule has 3 aromatic carbocycles. The Morgan fingerprint density at radius 2 is 1.59 bits per heavy atom. The number of benzene rings is 3. The van der Waals surface area contributed by atoms with Crippen molar-refractivity contribution < 1.29 is 19.1 Å². The highest BCUT2D eigenvalue weighted by Gasteiger charge is 2.45. The molecule has 6 heteroatoms. The number of halogens is 1. The normalized spacial score (nSPS) is 19.0. The molecule has 0 radical (unpaired) electrons. The highest BCUT2D eigenvalue weighted by molar-refractivity contribution is 14.1. The van der Waals surface area contributed by atoms with Crippen LogP contribution in [0.3, 0.4) is 0 Å². The molecule has 0 saturated carbocycles. The van der Waals surface area contributed by atoms with E-state index in [1.165, 1.54) is 16.0 Å². The summed E-state index contributed by atoms with van der Waals surface area (Å²) in [6, 6.07) is 23.8. The largest absolute Gasteiger partial charge is 0.448 e. The van der Waals surface area contributed by atoms with E-state index in [2.05, 4.69) is 46.9 Å². The number of nitrogens with zero attached hydrogens (tertiary/aromatic N) is 1. The van der Waals surface area contributed by atoms with Crippen molar-refractivity contribution in [3.8, 4) is 11.1 Å². The summed E-state index contributed by atoms with van der Waals surface area (Å²) >= 11 is 2.25. The molecule has 5 rings (SSSR count). The average molecular weight is 567 g/mol. The van der Waals surface area contributed by atoms with Crippen molar-refractivity contribution in [1.82, 2.24) is 4.90 Å². The van der Waals surface area contributed by atoms with Gasteiger partial charge >= 0.3 is 12.1 Å². The molecule has 3 aromatic rings. The molecule has 34 heavy (non-hydrogen) atoms. The Hall–Kier alpha value is -2.87. The zero-order valence-corrected chi connectivity index (χ0v) is 21.1. The van der Waals surface area contributed by atoms with Crippen LogP contribution in [-0.2, 0) is 20.7 Å². The van der Waals surface area contributed by atoms with Gasteiger partial charge in [0.25, 0.3) is 0 Å². The molecule has 2 unspecified atom stereocenters. The minimum absolute atomic E-state index is 0.0325. The lowest BCUT2D eigenvalue weighted by atomic mass is 9.98. The SMILES string of the molecule is CCCC1OC(=O)C(Cc2ccc(I)cc2)N1C(=O)OCC1c2ccccc2-c2ccccc21. The first kappa shape index (κ1) is 22.9. The number of esters is 1. The summed E-state index contributed by atoms with van der Waals surface area (Å²) in [6.07, 6.45) is 0.685. The molecule has 1 fully saturated rings. The minimum Gasteiger partial charge on any atom is -0.448 e. The topological polar surface area (TPSA) is 55.8 Å². The summed E-state index contributed by atoms with van der Waals surface area (Å²) in [7, 11) is 0. The minimum atomic E-state index is -0.688. The maximum atomic E-state index is 13.4. The van der Waals surface area contributed by atoms with Gasteiger partial charge in [-0.1, -0.05) is 74.0 Å². The predicted octanol–water partition coefficient (Wildman–Crippen LogP) is 6.14. The van der Waals surface area contributed by atoms with E-state index >= 15 is 0 Å². The molecule has 1 saturated heterocycles. The Balaban J connectivity index is 1.36. The van der Waals surface area contributed by atoms with Gasteiger partial charge in [0.2, 0.25) is 0 Å². The van der Waals surface area contributed by atoms with Gasteiger partial charge in [-0.05, 0) is 62.5 Å².